The fourth-order valence-electron chi connectivity index (χ4n) is 7.76. The summed E-state index contributed by atoms with van der Waals surface area (Å²) in [5.74, 6) is 0.839. The summed E-state index contributed by atoms with van der Waals surface area (Å²) in [6, 6.07) is 18.6. The molecule has 9 heteroatoms. The largest absolute Gasteiger partial charge is 0.371 e. The number of likely N-dealkylation sites (tertiary alicyclic amines) is 2. The number of thioether (sulfide) groups is 1. The highest BCUT2D eigenvalue weighted by molar-refractivity contribution is 8.00. The molecule has 3 heterocycles. The Hall–Kier alpha value is -3.35. The van der Waals surface area contributed by atoms with Gasteiger partial charge in [0.1, 0.15) is 5.82 Å². The van der Waals surface area contributed by atoms with Crippen molar-refractivity contribution >= 4 is 29.3 Å². The van der Waals surface area contributed by atoms with E-state index in [1.165, 1.54) is 35.6 Å². The van der Waals surface area contributed by atoms with Gasteiger partial charge in [0.15, 0.2) is 0 Å². The van der Waals surface area contributed by atoms with Crippen LogP contribution < -0.4 is 10.6 Å². The van der Waals surface area contributed by atoms with E-state index in [0.29, 0.717) is 23.5 Å². The van der Waals surface area contributed by atoms with Crippen LogP contribution in [0.5, 0.6) is 0 Å². The highest BCUT2D eigenvalue weighted by atomic mass is 32.2. The zero-order chi connectivity index (χ0) is 32.7. The molecule has 2 amide bonds. The van der Waals surface area contributed by atoms with Gasteiger partial charge in [-0.1, -0.05) is 38.5 Å². The smallest absolute Gasteiger partial charge is 0.246 e. The first-order valence-electron chi connectivity index (χ1n) is 16.9. The molecule has 2 N–H and O–H groups in total. The van der Waals surface area contributed by atoms with Crippen molar-refractivity contribution in [2.45, 2.75) is 67.4 Å². The molecule has 4 aliphatic rings. The molecule has 6 rings (SSSR count). The van der Waals surface area contributed by atoms with Gasteiger partial charge < -0.3 is 20.4 Å². The van der Waals surface area contributed by atoms with Gasteiger partial charge in [-0.2, -0.15) is 5.26 Å². The Labute approximate surface area is 278 Å². The second kappa shape index (κ2) is 15.5. The van der Waals surface area contributed by atoms with E-state index in [9.17, 15) is 19.2 Å². The third-order valence-electron chi connectivity index (χ3n) is 10.4. The normalized spacial score (nSPS) is 20.9. The number of benzene rings is 2. The maximum absolute atomic E-state index is 14.3. The van der Waals surface area contributed by atoms with E-state index in [0.717, 1.165) is 77.1 Å². The van der Waals surface area contributed by atoms with Gasteiger partial charge >= 0.3 is 0 Å². The Morgan fingerprint density at radius 1 is 1.04 bits per heavy atom. The van der Waals surface area contributed by atoms with Gasteiger partial charge in [-0.05, 0) is 98.6 Å². The van der Waals surface area contributed by atoms with Crippen LogP contribution >= 0.6 is 11.8 Å². The number of nitriles is 1. The lowest BCUT2D eigenvalue weighted by Gasteiger charge is -2.47. The molecule has 2 aromatic rings. The van der Waals surface area contributed by atoms with E-state index in [2.05, 4.69) is 52.4 Å². The maximum atomic E-state index is 14.3. The number of hydrogen-bond donors (Lipinski definition) is 1. The van der Waals surface area contributed by atoms with E-state index in [1.54, 1.807) is 19.1 Å². The predicted octanol–water partition coefficient (Wildman–Crippen LogP) is 6.00. The number of anilines is 1. The minimum Gasteiger partial charge on any atom is -0.371 e. The van der Waals surface area contributed by atoms with Crippen LogP contribution in [0.1, 0.15) is 57.4 Å². The fraction of sp³-hybridized carbons (Fsp3) is 0.541. The van der Waals surface area contributed by atoms with Crippen molar-refractivity contribution in [3.05, 3.63) is 72.6 Å². The van der Waals surface area contributed by atoms with Gasteiger partial charge in [0, 0.05) is 60.9 Å². The van der Waals surface area contributed by atoms with Crippen LogP contribution in [0.4, 0.5) is 10.1 Å². The maximum Gasteiger partial charge on any atom is 0.246 e. The lowest BCUT2D eigenvalue weighted by Crippen LogP contribution is -2.53. The van der Waals surface area contributed by atoms with Gasteiger partial charge in [0.25, 0.3) is 0 Å². The molecule has 246 valence electrons. The molecule has 4 fully saturated rings. The van der Waals surface area contributed by atoms with E-state index < -0.39 is 5.41 Å². The Balaban J connectivity index is 0.000000775. The molecular formula is C37H48FN5O2S. The van der Waals surface area contributed by atoms with Crippen molar-refractivity contribution in [1.82, 2.24) is 9.80 Å². The van der Waals surface area contributed by atoms with Crippen LogP contribution in [0.2, 0.25) is 0 Å². The summed E-state index contributed by atoms with van der Waals surface area (Å²) in [7, 11) is 0. The molecule has 2 aromatic carbocycles. The van der Waals surface area contributed by atoms with E-state index in [1.807, 2.05) is 22.7 Å². The number of primary amides is 1. The molecule has 0 aromatic heterocycles. The van der Waals surface area contributed by atoms with Crippen LogP contribution in [-0.2, 0) is 15.0 Å². The van der Waals surface area contributed by atoms with E-state index in [4.69, 9.17) is 0 Å². The molecule has 7 nitrogen and oxygen atoms in total. The molecule has 1 unspecified atom stereocenters. The zero-order valence-electron chi connectivity index (χ0n) is 27.1. The third-order valence-corrected chi connectivity index (χ3v) is 11.6. The molecular weight excluding hydrogens is 598 g/mol. The predicted molar refractivity (Wildman–Crippen MR) is 183 cm³/mol. The topological polar surface area (TPSA) is 93.7 Å². The van der Waals surface area contributed by atoms with Crippen molar-refractivity contribution in [2.75, 3.05) is 50.7 Å². The zero-order valence-corrected chi connectivity index (χ0v) is 27.9. The van der Waals surface area contributed by atoms with Gasteiger partial charge in [-0.15, -0.1) is 11.8 Å². The summed E-state index contributed by atoms with van der Waals surface area (Å²) >= 11 is 1.85. The van der Waals surface area contributed by atoms with Crippen molar-refractivity contribution in [3.63, 3.8) is 0 Å². The first-order valence-corrected chi connectivity index (χ1v) is 17.7. The molecule has 0 bridgehead atoms. The molecule has 46 heavy (non-hydrogen) atoms. The second-order valence-corrected chi connectivity index (χ2v) is 14.7. The molecule has 1 saturated carbocycles. The number of rotatable bonds is 10. The average Bonchev–Trinajstić information content (AvgIpc) is 3.57. The monoisotopic (exact) mass is 645 g/mol. The third kappa shape index (κ3) is 7.78. The van der Waals surface area contributed by atoms with E-state index in [-0.39, 0.29) is 23.5 Å². The fourth-order valence-corrected chi connectivity index (χ4v) is 8.95. The van der Waals surface area contributed by atoms with Crippen LogP contribution in [-0.4, -0.2) is 72.7 Å². The Kier molecular flexibility index (Phi) is 11.5. The SMILES string of the molecule is C=CC(=O)N1CC(Sc2ccc(N3CC(CN4CCC(C(C#N)(c5cccc(F)c5)C5CCCC5)CC4)C3)cc2)C1.CCC(N)=O. The van der Waals surface area contributed by atoms with Crippen molar-refractivity contribution < 1.29 is 14.0 Å². The molecule has 0 spiro atoms. The quantitative estimate of drug-likeness (QED) is 0.319. The standard InChI is InChI=1S/C34H41FN4OS.C3H7NO/c1-2-33(40)39-22-32(23-39)41-31-12-10-30(11-13-31)38-20-25(21-38)19-37-16-14-27(15-17-37)34(24-36,26-6-3-4-7-26)28-8-5-9-29(35)18-28;1-2-3(4)5/h2,5,8-13,18,25-27,32H,1,3-4,6-7,14-17,19-23H2;2H2,1H3,(H2,4,5). The molecule has 0 radical (unpaired) electrons. The highest BCUT2D eigenvalue weighted by Gasteiger charge is 2.49. The first kappa shape index (κ1) is 34.0. The lowest BCUT2D eigenvalue weighted by molar-refractivity contribution is -0.128. The van der Waals surface area contributed by atoms with Crippen LogP contribution in [0.3, 0.4) is 0 Å². The van der Waals surface area contributed by atoms with Crippen LogP contribution in [0.15, 0.2) is 66.1 Å². The average molecular weight is 646 g/mol. The van der Waals surface area contributed by atoms with E-state index >= 15 is 0 Å². The number of halogens is 1. The first-order chi connectivity index (χ1) is 22.2. The van der Waals surface area contributed by atoms with Crippen molar-refractivity contribution in [2.24, 2.45) is 23.5 Å². The lowest BCUT2D eigenvalue weighted by atomic mass is 9.60. The Bertz CT molecular complexity index is 1390. The summed E-state index contributed by atoms with van der Waals surface area (Å²) in [6.07, 6.45) is 8.38. The van der Waals surface area contributed by atoms with Crippen LogP contribution in [0, 0.1) is 34.9 Å². The second-order valence-electron chi connectivity index (χ2n) is 13.3. The molecule has 3 aliphatic heterocycles. The van der Waals surface area contributed by atoms with Crippen molar-refractivity contribution in [3.8, 4) is 6.07 Å². The van der Waals surface area contributed by atoms with Gasteiger partial charge in [-0.3, -0.25) is 9.59 Å². The number of piperidine rings is 1. The number of carbonyl (C=O) groups excluding carboxylic acids is 2. The number of hydrogen-bond acceptors (Lipinski definition) is 6. The minimum absolute atomic E-state index is 0.0251. The van der Waals surface area contributed by atoms with Gasteiger partial charge in [-0.25, -0.2) is 4.39 Å². The Morgan fingerprint density at radius 2 is 1.67 bits per heavy atom. The summed E-state index contributed by atoms with van der Waals surface area (Å²) < 4.78 is 14.3. The van der Waals surface area contributed by atoms with Gasteiger partial charge in [0.05, 0.1) is 11.5 Å². The number of amides is 2. The summed E-state index contributed by atoms with van der Waals surface area (Å²) in [4.78, 5) is 29.4. The molecule has 1 atom stereocenters. The summed E-state index contributed by atoms with van der Waals surface area (Å²) in [5, 5.41) is 11.1. The molecule has 3 saturated heterocycles. The number of nitrogens with zero attached hydrogens (tertiary/aromatic N) is 4. The van der Waals surface area contributed by atoms with Gasteiger partial charge in [0.2, 0.25) is 11.8 Å². The summed E-state index contributed by atoms with van der Waals surface area (Å²) in [5.41, 5.74) is 6.28. The Morgan fingerprint density at radius 3 is 2.24 bits per heavy atom. The summed E-state index contributed by atoms with van der Waals surface area (Å²) in [6.45, 7) is 12.2. The molecule has 1 aliphatic carbocycles. The number of carbonyl (C=O) groups is 2. The minimum atomic E-state index is -0.566. The van der Waals surface area contributed by atoms with Crippen molar-refractivity contribution in [1.29, 1.82) is 5.26 Å². The highest BCUT2D eigenvalue weighted by Crippen LogP contribution is 2.50. The number of nitrogens with two attached hydrogens (primary N) is 1. The van der Waals surface area contributed by atoms with Crippen LogP contribution in [0.25, 0.3) is 0 Å².